The summed E-state index contributed by atoms with van der Waals surface area (Å²) in [6.07, 6.45) is 1.86. The van der Waals surface area contributed by atoms with Crippen LogP contribution >= 0.6 is 23.1 Å². The summed E-state index contributed by atoms with van der Waals surface area (Å²) in [5, 5.41) is 12.0. The Morgan fingerprint density at radius 2 is 2.08 bits per heavy atom. The molecule has 1 amide bonds. The number of hydrogen-bond acceptors (Lipinski definition) is 6. The molecule has 0 fully saturated rings. The third kappa shape index (κ3) is 3.64. The van der Waals surface area contributed by atoms with E-state index in [0.29, 0.717) is 6.54 Å². The minimum absolute atomic E-state index is 0.0976. The summed E-state index contributed by atoms with van der Waals surface area (Å²) < 4.78 is 1.05. The highest BCUT2D eigenvalue weighted by Gasteiger charge is 2.24. The lowest BCUT2D eigenvalue weighted by atomic mass is 10.1. The van der Waals surface area contributed by atoms with Gasteiger partial charge in [-0.15, -0.1) is 23.1 Å². The molecule has 0 bridgehead atoms. The van der Waals surface area contributed by atoms with E-state index in [1.165, 1.54) is 34.1 Å². The molecule has 1 aromatic heterocycles. The molecule has 0 radical (unpaired) electrons. The molecule has 3 aromatic rings. The molecule has 3 rings (SSSR count). The summed E-state index contributed by atoms with van der Waals surface area (Å²) in [6.45, 7) is 0.304. The molecule has 0 saturated heterocycles. The summed E-state index contributed by atoms with van der Waals surface area (Å²) >= 11 is 2.95. The first-order valence-corrected chi connectivity index (χ1v) is 9.46. The third-order valence-electron chi connectivity index (χ3n) is 3.69. The fraction of sp³-hybridized carbons (Fsp3) is 0.176. The van der Waals surface area contributed by atoms with Crippen molar-refractivity contribution in [2.45, 2.75) is 11.4 Å². The summed E-state index contributed by atoms with van der Waals surface area (Å²) in [6, 6.07) is 12.3. The molecule has 0 unspecified atom stereocenters. The fourth-order valence-electron chi connectivity index (χ4n) is 2.44. The van der Waals surface area contributed by atoms with Crippen LogP contribution in [0.4, 0.5) is 5.69 Å². The summed E-state index contributed by atoms with van der Waals surface area (Å²) in [7, 11) is 1.63. The molecular formula is C17H15N3O3S2. The molecule has 0 aliphatic heterocycles. The normalized spacial score (nSPS) is 10.8. The largest absolute Gasteiger partial charge is 0.335 e. The van der Waals surface area contributed by atoms with Crippen LogP contribution in [0.15, 0.2) is 47.4 Å². The summed E-state index contributed by atoms with van der Waals surface area (Å²) in [5.74, 6) is -0.387. The van der Waals surface area contributed by atoms with Gasteiger partial charge in [0.1, 0.15) is 10.6 Å². The zero-order chi connectivity index (χ0) is 18.0. The van der Waals surface area contributed by atoms with Crippen molar-refractivity contribution in [1.29, 1.82) is 0 Å². The van der Waals surface area contributed by atoms with E-state index < -0.39 is 4.92 Å². The van der Waals surface area contributed by atoms with Gasteiger partial charge in [0.05, 0.1) is 21.7 Å². The van der Waals surface area contributed by atoms with Crippen LogP contribution in [0.3, 0.4) is 0 Å². The van der Waals surface area contributed by atoms with E-state index >= 15 is 0 Å². The van der Waals surface area contributed by atoms with Crippen LogP contribution in [-0.2, 0) is 6.54 Å². The van der Waals surface area contributed by atoms with Crippen molar-refractivity contribution >= 4 is 44.9 Å². The molecule has 0 aliphatic rings. The van der Waals surface area contributed by atoms with Crippen LogP contribution < -0.4 is 0 Å². The zero-order valence-electron chi connectivity index (χ0n) is 13.6. The summed E-state index contributed by atoms with van der Waals surface area (Å²) in [4.78, 5) is 30.2. The molecule has 2 aromatic carbocycles. The maximum absolute atomic E-state index is 12.7. The highest BCUT2D eigenvalue weighted by Crippen LogP contribution is 2.27. The van der Waals surface area contributed by atoms with E-state index in [0.717, 1.165) is 20.1 Å². The van der Waals surface area contributed by atoms with Crippen LogP contribution in [0.25, 0.3) is 10.2 Å². The van der Waals surface area contributed by atoms with E-state index in [1.807, 2.05) is 30.5 Å². The zero-order valence-corrected chi connectivity index (χ0v) is 15.3. The standard InChI is InChI=1S/C17H15N3O3S2/c1-19(10-16-18-13-5-3-4-6-15(13)25-16)17(21)12-9-11(24-2)7-8-14(12)20(22)23/h3-9H,10H2,1-2H3. The lowest BCUT2D eigenvalue weighted by Gasteiger charge is -2.16. The number of rotatable bonds is 5. The highest BCUT2D eigenvalue weighted by molar-refractivity contribution is 7.98. The predicted molar refractivity (Wildman–Crippen MR) is 100 cm³/mol. The van der Waals surface area contributed by atoms with Gasteiger partial charge in [-0.2, -0.15) is 0 Å². The maximum atomic E-state index is 12.7. The minimum atomic E-state index is -0.525. The van der Waals surface area contributed by atoms with E-state index in [4.69, 9.17) is 0 Å². The molecule has 25 heavy (non-hydrogen) atoms. The number of nitrogens with zero attached hydrogens (tertiary/aromatic N) is 3. The monoisotopic (exact) mass is 373 g/mol. The number of carbonyl (C=O) groups excluding carboxylic acids is 1. The average Bonchev–Trinajstić information content (AvgIpc) is 3.02. The topological polar surface area (TPSA) is 76.3 Å². The Labute approximate surface area is 152 Å². The van der Waals surface area contributed by atoms with Gasteiger partial charge in [0.2, 0.25) is 0 Å². The van der Waals surface area contributed by atoms with Gasteiger partial charge in [0.15, 0.2) is 0 Å². The first kappa shape index (κ1) is 17.4. The number of para-hydroxylation sites is 1. The van der Waals surface area contributed by atoms with Gasteiger partial charge in [-0.1, -0.05) is 12.1 Å². The van der Waals surface area contributed by atoms with Crippen LogP contribution in [0.1, 0.15) is 15.4 Å². The lowest BCUT2D eigenvalue weighted by Crippen LogP contribution is -2.26. The smallest absolute Gasteiger partial charge is 0.282 e. The quantitative estimate of drug-likeness (QED) is 0.381. The SMILES string of the molecule is CSc1ccc([N+](=O)[O-])c(C(=O)N(C)Cc2nc3ccccc3s2)c1. The second kappa shape index (κ2) is 7.20. The van der Waals surface area contributed by atoms with E-state index in [-0.39, 0.29) is 17.2 Å². The van der Waals surface area contributed by atoms with Crippen LogP contribution in [-0.4, -0.2) is 34.0 Å². The van der Waals surface area contributed by atoms with Crippen molar-refractivity contribution in [3.63, 3.8) is 0 Å². The minimum Gasteiger partial charge on any atom is -0.335 e. The molecule has 0 N–H and O–H groups in total. The van der Waals surface area contributed by atoms with E-state index in [2.05, 4.69) is 4.98 Å². The Kier molecular flexibility index (Phi) is 5.00. The van der Waals surface area contributed by atoms with Gasteiger partial charge in [-0.05, 0) is 30.5 Å². The van der Waals surface area contributed by atoms with Gasteiger partial charge in [-0.25, -0.2) is 4.98 Å². The molecule has 6 nitrogen and oxygen atoms in total. The number of benzene rings is 2. The molecule has 8 heteroatoms. The number of thioether (sulfide) groups is 1. The van der Waals surface area contributed by atoms with Crippen LogP contribution in [0, 0.1) is 10.1 Å². The van der Waals surface area contributed by atoms with E-state index in [1.54, 1.807) is 19.2 Å². The molecule has 1 heterocycles. The first-order chi connectivity index (χ1) is 12.0. The van der Waals surface area contributed by atoms with Crippen LogP contribution in [0.2, 0.25) is 0 Å². The number of carbonyl (C=O) groups is 1. The van der Waals surface area contributed by atoms with Gasteiger partial charge in [-0.3, -0.25) is 14.9 Å². The van der Waals surface area contributed by atoms with Gasteiger partial charge >= 0.3 is 0 Å². The second-order valence-electron chi connectivity index (χ2n) is 5.38. The number of thiazole rings is 1. The Morgan fingerprint density at radius 1 is 1.32 bits per heavy atom. The fourth-order valence-corrected chi connectivity index (χ4v) is 3.90. The number of nitro benzene ring substituents is 1. The number of aromatic nitrogens is 1. The Balaban J connectivity index is 1.88. The highest BCUT2D eigenvalue weighted by atomic mass is 32.2. The molecule has 0 aliphatic carbocycles. The molecule has 128 valence electrons. The van der Waals surface area contributed by atoms with Crippen molar-refractivity contribution in [1.82, 2.24) is 9.88 Å². The Bertz CT molecular complexity index is 922. The Morgan fingerprint density at radius 3 is 2.76 bits per heavy atom. The number of nitro groups is 1. The number of fused-ring (bicyclic) bond motifs is 1. The van der Waals surface area contributed by atoms with Crippen LogP contribution in [0.5, 0.6) is 0 Å². The van der Waals surface area contributed by atoms with Crippen molar-refractivity contribution in [3.8, 4) is 0 Å². The maximum Gasteiger partial charge on any atom is 0.282 e. The molecule has 0 spiro atoms. The average molecular weight is 373 g/mol. The third-order valence-corrected chi connectivity index (χ3v) is 5.43. The van der Waals surface area contributed by atoms with Gasteiger partial charge in [0, 0.05) is 18.0 Å². The van der Waals surface area contributed by atoms with Crippen molar-refractivity contribution < 1.29 is 9.72 Å². The molecule has 0 atom stereocenters. The van der Waals surface area contributed by atoms with Crippen molar-refractivity contribution in [2.24, 2.45) is 0 Å². The summed E-state index contributed by atoms with van der Waals surface area (Å²) in [5.41, 5.74) is 0.804. The molecule has 0 saturated carbocycles. The lowest BCUT2D eigenvalue weighted by molar-refractivity contribution is -0.385. The Hall–Kier alpha value is -2.45. The number of amides is 1. The van der Waals surface area contributed by atoms with Gasteiger partial charge in [0.25, 0.3) is 11.6 Å². The molecular weight excluding hydrogens is 358 g/mol. The first-order valence-electron chi connectivity index (χ1n) is 7.42. The van der Waals surface area contributed by atoms with E-state index in [9.17, 15) is 14.9 Å². The van der Waals surface area contributed by atoms with Crippen molar-refractivity contribution in [2.75, 3.05) is 13.3 Å². The predicted octanol–water partition coefficient (Wildman–Crippen LogP) is 4.20. The van der Waals surface area contributed by atoms with Crippen molar-refractivity contribution in [3.05, 3.63) is 63.1 Å². The number of hydrogen-bond donors (Lipinski definition) is 0. The van der Waals surface area contributed by atoms with Gasteiger partial charge < -0.3 is 4.90 Å². The second-order valence-corrected chi connectivity index (χ2v) is 7.37.